The molecule has 4 aromatic rings. The molecule has 8 nitrogen and oxygen atoms in total. The van der Waals surface area contributed by atoms with E-state index in [1.807, 2.05) is 42.5 Å². The Hall–Kier alpha value is -3.68. The van der Waals surface area contributed by atoms with Gasteiger partial charge in [-0.25, -0.2) is 9.78 Å². The first-order valence-corrected chi connectivity index (χ1v) is 9.94. The number of amides is 1. The number of likely N-dealkylation sites (tertiary alicyclic amines) is 1. The van der Waals surface area contributed by atoms with Crippen molar-refractivity contribution in [2.75, 3.05) is 13.1 Å². The summed E-state index contributed by atoms with van der Waals surface area (Å²) in [6.07, 6.45) is 1.53. The van der Waals surface area contributed by atoms with Crippen molar-refractivity contribution in [2.24, 2.45) is 0 Å². The number of benzene rings is 2. The first kappa shape index (κ1) is 18.4. The van der Waals surface area contributed by atoms with Gasteiger partial charge in [0.05, 0.1) is 0 Å². The van der Waals surface area contributed by atoms with E-state index in [1.165, 1.54) is 0 Å². The second-order valence-corrected chi connectivity index (χ2v) is 7.37. The molecule has 8 heteroatoms. The second kappa shape index (κ2) is 7.62. The third-order valence-corrected chi connectivity index (χ3v) is 5.42. The maximum Gasteiger partial charge on any atom is 0.437 e. The van der Waals surface area contributed by atoms with E-state index in [4.69, 9.17) is 8.83 Å². The number of fused-ring (bicyclic) bond motifs is 1. The molecule has 0 aliphatic carbocycles. The van der Waals surface area contributed by atoms with E-state index in [9.17, 15) is 9.59 Å². The summed E-state index contributed by atoms with van der Waals surface area (Å²) in [5.74, 6) is 0.331. The third kappa shape index (κ3) is 3.52. The quantitative estimate of drug-likeness (QED) is 0.519. The minimum Gasteiger partial charge on any atom is -0.440 e. The Morgan fingerprint density at radius 1 is 1.00 bits per heavy atom. The lowest BCUT2D eigenvalue weighted by molar-refractivity contribution is -0.133. The summed E-state index contributed by atoms with van der Waals surface area (Å²) in [5.41, 5.74) is 2.33. The van der Waals surface area contributed by atoms with E-state index >= 15 is 0 Å². The topological polar surface area (TPSA) is 94.4 Å². The molecule has 30 heavy (non-hydrogen) atoms. The lowest BCUT2D eigenvalue weighted by atomic mass is 9.97. The Morgan fingerprint density at radius 2 is 1.73 bits per heavy atom. The normalized spacial score (nSPS) is 15.0. The third-order valence-electron chi connectivity index (χ3n) is 5.42. The molecule has 2 aromatic carbocycles. The van der Waals surface area contributed by atoms with Gasteiger partial charge in [0.15, 0.2) is 11.5 Å². The van der Waals surface area contributed by atoms with Crippen molar-refractivity contribution >= 4 is 17.0 Å². The maximum absolute atomic E-state index is 12.7. The van der Waals surface area contributed by atoms with Crippen LogP contribution in [0.4, 0.5) is 0 Å². The molecule has 0 bridgehead atoms. The number of oxazole rings is 1. The molecule has 0 atom stereocenters. The number of piperidine rings is 1. The van der Waals surface area contributed by atoms with E-state index in [-0.39, 0.29) is 24.3 Å². The first-order valence-electron chi connectivity index (χ1n) is 9.94. The average molecular weight is 404 g/mol. The van der Waals surface area contributed by atoms with Crippen molar-refractivity contribution in [3.05, 3.63) is 71.0 Å². The smallest absolute Gasteiger partial charge is 0.437 e. The van der Waals surface area contributed by atoms with Crippen LogP contribution in [0.25, 0.3) is 22.6 Å². The van der Waals surface area contributed by atoms with Gasteiger partial charge in [0, 0.05) is 24.6 Å². The van der Waals surface area contributed by atoms with Crippen LogP contribution >= 0.6 is 0 Å². The Bertz CT molecular complexity index is 1200. The van der Waals surface area contributed by atoms with Crippen molar-refractivity contribution in [1.29, 1.82) is 0 Å². The van der Waals surface area contributed by atoms with Crippen LogP contribution in [0.15, 0.2) is 68.2 Å². The molecule has 1 fully saturated rings. The van der Waals surface area contributed by atoms with Gasteiger partial charge in [0.1, 0.15) is 12.1 Å². The zero-order valence-electron chi connectivity index (χ0n) is 16.2. The molecule has 1 aliphatic heterocycles. The highest BCUT2D eigenvalue weighted by molar-refractivity contribution is 5.76. The summed E-state index contributed by atoms with van der Waals surface area (Å²) in [6.45, 7) is 1.03. The van der Waals surface area contributed by atoms with Gasteiger partial charge < -0.3 is 13.7 Å². The number of para-hydroxylation sites is 2. The van der Waals surface area contributed by atoms with Gasteiger partial charge in [-0.3, -0.25) is 4.79 Å². The Morgan fingerprint density at radius 3 is 2.50 bits per heavy atom. The number of hydrogen-bond acceptors (Lipinski definition) is 6. The first-order chi connectivity index (χ1) is 14.7. The molecule has 0 radical (unpaired) electrons. The Labute approximate surface area is 171 Å². The molecule has 152 valence electrons. The zero-order chi connectivity index (χ0) is 20.5. The molecule has 0 N–H and O–H groups in total. The predicted octanol–water partition coefficient (Wildman–Crippen LogP) is 3.05. The minimum absolute atomic E-state index is 0.136. The van der Waals surface area contributed by atoms with Crippen LogP contribution in [0.5, 0.6) is 0 Å². The van der Waals surface area contributed by atoms with Crippen molar-refractivity contribution in [3.63, 3.8) is 0 Å². The molecule has 1 saturated heterocycles. The Balaban J connectivity index is 1.23. The molecule has 1 aliphatic rings. The van der Waals surface area contributed by atoms with Crippen LogP contribution in [0.1, 0.15) is 24.7 Å². The van der Waals surface area contributed by atoms with Crippen molar-refractivity contribution in [1.82, 2.24) is 19.7 Å². The summed E-state index contributed by atoms with van der Waals surface area (Å²) in [5, 5.41) is 4.17. The number of nitrogens with zero attached hydrogens (tertiary/aromatic N) is 4. The molecule has 5 rings (SSSR count). The second-order valence-electron chi connectivity index (χ2n) is 7.37. The summed E-state index contributed by atoms with van der Waals surface area (Å²) < 4.78 is 12.2. The van der Waals surface area contributed by atoms with Gasteiger partial charge >= 0.3 is 5.76 Å². The highest BCUT2D eigenvalue weighted by atomic mass is 16.4. The zero-order valence-corrected chi connectivity index (χ0v) is 16.2. The summed E-state index contributed by atoms with van der Waals surface area (Å²) in [7, 11) is 0. The minimum atomic E-state index is -0.636. The molecule has 3 heterocycles. The highest BCUT2D eigenvalue weighted by Gasteiger charge is 2.27. The monoisotopic (exact) mass is 404 g/mol. The highest BCUT2D eigenvalue weighted by Crippen LogP contribution is 2.30. The molecule has 0 unspecified atom stereocenters. The number of hydrogen-bond donors (Lipinski definition) is 0. The van der Waals surface area contributed by atoms with Gasteiger partial charge in [0.2, 0.25) is 11.8 Å². The van der Waals surface area contributed by atoms with E-state index in [0.717, 1.165) is 34.5 Å². The lowest BCUT2D eigenvalue weighted by Gasteiger charge is -2.30. The number of aromatic nitrogens is 3. The summed E-state index contributed by atoms with van der Waals surface area (Å²) >= 11 is 0. The van der Waals surface area contributed by atoms with E-state index < -0.39 is 5.76 Å². The lowest BCUT2D eigenvalue weighted by Crippen LogP contribution is -2.41. The van der Waals surface area contributed by atoms with Crippen molar-refractivity contribution < 1.29 is 13.6 Å². The van der Waals surface area contributed by atoms with Gasteiger partial charge in [0.25, 0.3) is 0 Å². The summed E-state index contributed by atoms with van der Waals surface area (Å²) in [4.78, 5) is 31.1. The van der Waals surface area contributed by atoms with Crippen molar-refractivity contribution in [3.8, 4) is 11.5 Å². The Kier molecular flexibility index (Phi) is 4.66. The van der Waals surface area contributed by atoms with E-state index in [1.54, 1.807) is 17.0 Å². The van der Waals surface area contributed by atoms with Crippen molar-refractivity contribution in [2.45, 2.75) is 25.3 Å². The molecule has 0 saturated carbocycles. The molecule has 0 spiro atoms. The fourth-order valence-electron chi connectivity index (χ4n) is 3.77. The van der Waals surface area contributed by atoms with Crippen LogP contribution < -0.4 is 5.76 Å². The molecular weight excluding hydrogens is 384 g/mol. The van der Waals surface area contributed by atoms with Crippen LogP contribution in [-0.2, 0) is 11.3 Å². The maximum atomic E-state index is 12.7. The molecule has 2 aromatic heterocycles. The fourth-order valence-corrected chi connectivity index (χ4v) is 3.77. The van der Waals surface area contributed by atoms with Gasteiger partial charge in [-0.2, -0.15) is 4.68 Å². The standard InChI is InChI=1S/C22H20N4O4/c27-19(14-26-22(28)30-21(24-26)15-6-2-1-3-7-15)25-12-10-16(11-13-25)20-23-17-8-4-5-9-18(17)29-20/h1-9,16H,10-14H2. The van der Waals surface area contributed by atoms with Gasteiger partial charge in [-0.15, -0.1) is 5.10 Å². The van der Waals surface area contributed by atoms with Crippen LogP contribution in [0, 0.1) is 0 Å². The number of carbonyl (C=O) groups is 1. The molecular formula is C22H20N4O4. The average Bonchev–Trinajstić information content (AvgIpc) is 3.38. The number of rotatable bonds is 4. The SMILES string of the molecule is O=C(Cn1nc(-c2ccccc2)oc1=O)N1CCC(c2nc3ccccc3o2)CC1. The van der Waals surface area contributed by atoms with E-state index in [2.05, 4.69) is 10.1 Å². The fraction of sp³-hybridized carbons (Fsp3) is 0.273. The van der Waals surface area contributed by atoms with Gasteiger partial charge in [-0.05, 0) is 37.1 Å². The van der Waals surface area contributed by atoms with Gasteiger partial charge in [-0.1, -0.05) is 30.3 Å². The molecule has 1 amide bonds. The van der Waals surface area contributed by atoms with Crippen LogP contribution in [0.2, 0.25) is 0 Å². The van der Waals surface area contributed by atoms with Crippen LogP contribution in [-0.4, -0.2) is 38.7 Å². The summed E-state index contributed by atoms with van der Waals surface area (Å²) in [6, 6.07) is 16.8. The van der Waals surface area contributed by atoms with Crippen LogP contribution in [0.3, 0.4) is 0 Å². The number of carbonyl (C=O) groups excluding carboxylic acids is 1. The van der Waals surface area contributed by atoms with E-state index in [0.29, 0.717) is 18.7 Å². The largest absolute Gasteiger partial charge is 0.440 e. The predicted molar refractivity (Wildman–Crippen MR) is 109 cm³/mol.